The molecule has 0 unspecified atom stereocenters. The van der Waals surface area contributed by atoms with Crippen LogP contribution in [0.5, 0.6) is 0 Å². The summed E-state index contributed by atoms with van der Waals surface area (Å²) in [7, 11) is 1.29. The minimum Gasteiger partial charge on any atom is -0.381 e. The summed E-state index contributed by atoms with van der Waals surface area (Å²) >= 11 is 5.74. The minimum atomic E-state index is -4.64. The number of nitrogens with two attached hydrogens (primary N) is 1. The number of aromatic nitrogens is 3. The van der Waals surface area contributed by atoms with Gasteiger partial charge in [0.15, 0.2) is 17.3 Å². The third kappa shape index (κ3) is 1.95. The molecule has 2 rings (SSSR count). The van der Waals surface area contributed by atoms with Crippen LogP contribution in [0.3, 0.4) is 0 Å². The van der Waals surface area contributed by atoms with Crippen LogP contribution >= 0.6 is 11.6 Å². The van der Waals surface area contributed by atoms with Crippen molar-refractivity contribution < 1.29 is 17.7 Å². The van der Waals surface area contributed by atoms with Crippen molar-refractivity contribution in [1.82, 2.24) is 14.9 Å². The fourth-order valence-electron chi connectivity index (χ4n) is 1.33. The Morgan fingerprint density at radius 3 is 2.59 bits per heavy atom. The molecule has 0 aromatic carbocycles. The lowest BCUT2D eigenvalue weighted by Crippen LogP contribution is -2.08. The smallest absolute Gasteiger partial charge is 0.381 e. The standard InChI is InChI=1S/C8H6ClF3N4O/c1-16-7(9)5(3-2-4(13)15-17-3)6(14-16)8(10,11)12/h2H,1H3,(H2,13,15). The van der Waals surface area contributed by atoms with Crippen LogP contribution in [0.15, 0.2) is 10.6 Å². The van der Waals surface area contributed by atoms with Gasteiger partial charge in [-0.15, -0.1) is 0 Å². The van der Waals surface area contributed by atoms with Crippen molar-refractivity contribution in [3.8, 4) is 11.3 Å². The number of halogens is 4. The quantitative estimate of drug-likeness (QED) is 0.860. The summed E-state index contributed by atoms with van der Waals surface area (Å²) in [6, 6.07) is 1.15. The van der Waals surface area contributed by atoms with Gasteiger partial charge in [0, 0.05) is 13.1 Å². The lowest BCUT2D eigenvalue weighted by Gasteiger charge is -2.03. The first kappa shape index (κ1) is 11.8. The maximum Gasteiger partial charge on any atom is 0.435 e. The number of rotatable bonds is 1. The molecule has 92 valence electrons. The number of hydrogen-bond donors (Lipinski definition) is 1. The van der Waals surface area contributed by atoms with Crippen LogP contribution in [0.2, 0.25) is 5.15 Å². The first-order valence-corrected chi connectivity index (χ1v) is 4.70. The summed E-state index contributed by atoms with van der Waals surface area (Å²) in [5.74, 6) is -0.207. The number of nitrogens with zero attached hydrogens (tertiary/aromatic N) is 3. The van der Waals surface area contributed by atoms with Crippen molar-refractivity contribution in [2.75, 3.05) is 5.73 Å². The molecule has 9 heteroatoms. The Bertz CT molecular complexity index is 560. The molecule has 0 spiro atoms. The number of nitrogen functional groups attached to an aromatic ring is 1. The van der Waals surface area contributed by atoms with E-state index in [1.54, 1.807) is 0 Å². The van der Waals surface area contributed by atoms with Crippen molar-refractivity contribution >= 4 is 17.4 Å². The third-order valence-corrected chi connectivity index (χ3v) is 2.45. The molecule has 0 radical (unpaired) electrons. The Labute approximate surface area is 97.9 Å². The van der Waals surface area contributed by atoms with Crippen LogP contribution in [0, 0.1) is 0 Å². The van der Waals surface area contributed by atoms with Crippen molar-refractivity contribution in [2.24, 2.45) is 7.05 Å². The zero-order valence-corrected chi connectivity index (χ0v) is 9.17. The average Bonchev–Trinajstić information content (AvgIpc) is 2.72. The molecule has 0 saturated heterocycles. The lowest BCUT2D eigenvalue weighted by molar-refractivity contribution is -0.141. The highest BCUT2D eigenvalue weighted by Crippen LogP contribution is 2.40. The van der Waals surface area contributed by atoms with Crippen molar-refractivity contribution in [3.05, 3.63) is 16.9 Å². The summed E-state index contributed by atoms with van der Waals surface area (Å²) in [5, 5.41) is 6.40. The molecule has 2 aromatic rings. The molecule has 0 aliphatic rings. The topological polar surface area (TPSA) is 69.9 Å². The van der Waals surface area contributed by atoms with Gasteiger partial charge < -0.3 is 10.3 Å². The summed E-state index contributed by atoms with van der Waals surface area (Å²) in [6.07, 6.45) is -4.64. The molecule has 0 fully saturated rings. The first-order valence-electron chi connectivity index (χ1n) is 4.33. The van der Waals surface area contributed by atoms with E-state index in [1.165, 1.54) is 7.05 Å². The fraction of sp³-hybridized carbons (Fsp3) is 0.250. The Hall–Kier alpha value is -1.70. The Morgan fingerprint density at radius 2 is 2.12 bits per heavy atom. The highest BCUT2D eigenvalue weighted by Gasteiger charge is 2.40. The number of hydrogen-bond acceptors (Lipinski definition) is 4. The van der Waals surface area contributed by atoms with Crippen molar-refractivity contribution in [3.63, 3.8) is 0 Å². The van der Waals surface area contributed by atoms with E-state index >= 15 is 0 Å². The van der Waals surface area contributed by atoms with Crippen molar-refractivity contribution in [2.45, 2.75) is 6.18 Å². The maximum absolute atomic E-state index is 12.7. The molecule has 17 heavy (non-hydrogen) atoms. The van der Waals surface area contributed by atoms with E-state index in [-0.39, 0.29) is 22.3 Å². The van der Waals surface area contributed by atoms with Gasteiger partial charge in [0.2, 0.25) is 0 Å². The van der Waals surface area contributed by atoms with E-state index in [1.807, 2.05) is 0 Å². The van der Waals surface area contributed by atoms with E-state index in [0.29, 0.717) is 0 Å². The van der Waals surface area contributed by atoms with Gasteiger partial charge in [0.05, 0.1) is 5.56 Å². The summed E-state index contributed by atoms with van der Waals surface area (Å²) in [5.41, 5.74) is 3.77. The van der Waals surface area contributed by atoms with Gasteiger partial charge in [0.25, 0.3) is 0 Å². The van der Waals surface area contributed by atoms with Gasteiger partial charge >= 0.3 is 6.18 Å². The van der Waals surface area contributed by atoms with Gasteiger partial charge in [-0.25, -0.2) is 0 Å². The van der Waals surface area contributed by atoms with Crippen LogP contribution in [0.4, 0.5) is 19.0 Å². The van der Waals surface area contributed by atoms with Gasteiger partial charge in [0.1, 0.15) is 5.15 Å². The fourth-order valence-corrected chi connectivity index (χ4v) is 1.55. The lowest BCUT2D eigenvalue weighted by atomic mass is 10.2. The minimum absolute atomic E-state index is 0.0342. The highest BCUT2D eigenvalue weighted by atomic mass is 35.5. The van der Waals surface area contributed by atoms with Gasteiger partial charge in [-0.1, -0.05) is 16.8 Å². The van der Waals surface area contributed by atoms with Gasteiger partial charge in [-0.3, -0.25) is 4.68 Å². The molecular weight excluding hydrogens is 261 g/mol. The second-order valence-corrected chi connectivity index (χ2v) is 3.61. The monoisotopic (exact) mass is 266 g/mol. The highest BCUT2D eigenvalue weighted by molar-refractivity contribution is 6.32. The second kappa shape index (κ2) is 3.66. The van der Waals surface area contributed by atoms with E-state index in [4.69, 9.17) is 17.3 Å². The van der Waals surface area contributed by atoms with Crippen LogP contribution in [0.1, 0.15) is 5.69 Å². The predicted octanol–water partition coefficient (Wildman–Crippen LogP) is 2.33. The van der Waals surface area contributed by atoms with Crippen LogP contribution in [0.25, 0.3) is 11.3 Å². The van der Waals surface area contributed by atoms with E-state index in [2.05, 4.69) is 14.8 Å². The first-order chi connectivity index (χ1) is 7.80. The summed E-state index contributed by atoms with van der Waals surface area (Å²) in [6.45, 7) is 0. The molecule has 5 nitrogen and oxygen atoms in total. The zero-order valence-electron chi connectivity index (χ0n) is 8.42. The third-order valence-electron chi connectivity index (χ3n) is 2.02. The molecule has 0 atom stereocenters. The largest absolute Gasteiger partial charge is 0.435 e. The molecule has 0 amide bonds. The SMILES string of the molecule is Cn1nc(C(F)(F)F)c(-c2cc(N)no2)c1Cl. The molecule has 2 heterocycles. The van der Waals surface area contributed by atoms with Crippen molar-refractivity contribution in [1.29, 1.82) is 0 Å². The molecule has 2 N–H and O–H groups in total. The van der Waals surface area contributed by atoms with E-state index in [9.17, 15) is 13.2 Å². The second-order valence-electron chi connectivity index (χ2n) is 3.25. The van der Waals surface area contributed by atoms with Crippen LogP contribution < -0.4 is 5.73 Å². The molecular formula is C8H6ClF3N4O. The number of aryl methyl sites for hydroxylation is 1. The number of anilines is 1. The van der Waals surface area contributed by atoms with Crippen LogP contribution in [-0.2, 0) is 13.2 Å². The van der Waals surface area contributed by atoms with E-state index < -0.39 is 11.9 Å². The predicted molar refractivity (Wildman–Crippen MR) is 53.1 cm³/mol. The Balaban J connectivity index is 2.67. The molecule has 2 aromatic heterocycles. The van der Waals surface area contributed by atoms with Gasteiger partial charge in [-0.05, 0) is 0 Å². The molecule has 0 aliphatic carbocycles. The van der Waals surface area contributed by atoms with Crippen LogP contribution in [-0.4, -0.2) is 14.9 Å². The summed E-state index contributed by atoms with van der Waals surface area (Å²) in [4.78, 5) is 0. The molecule has 0 aliphatic heterocycles. The Kier molecular flexibility index (Phi) is 2.53. The molecule has 0 saturated carbocycles. The van der Waals surface area contributed by atoms with E-state index in [0.717, 1.165) is 10.7 Å². The average molecular weight is 267 g/mol. The Morgan fingerprint density at radius 1 is 1.47 bits per heavy atom. The summed E-state index contributed by atoms with van der Waals surface area (Å²) < 4.78 is 43.7. The van der Waals surface area contributed by atoms with Gasteiger partial charge in [-0.2, -0.15) is 18.3 Å². The normalized spacial score (nSPS) is 12.1. The maximum atomic E-state index is 12.7. The molecule has 0 bridgehead atoms. The zero-order chi connectivity index (χ0) is 12.8. The number of alkyl halides is 3.